The molecule has 0 aromatic carbocycles. The highest BCUT2D eigenvalue weighted by Crippen LogP contribution is 2.29. The lowest BCUT2D eigenvalue weighted by molar-refractivity contribution is 0.00536. The Kier molecular flexibility index (Phi) is 2.54. The van der Waals surface area contributed by atoms with Crippen molar-refractivity contribution in [3.05, 3.63) is 16.1 Å². The Labute approximate surface area is 77.3 Å². The summed E-state index contributed by atoms with van der Waals surface area (Å²) in [6.45, 7) is 7.75. The Balaban J connectivity index is 2.97. The van der Waals surface area contributed by atoms with Crippen LogP contribution in [0.2, 0.25) is 0 Å². The van der Waals surface area contributed by atoms with Gasteiger partial charge in [-0.15, -0.1) is 11.3 Å². The van der Waals surface area contributed by atoms with E-state index < -0.39 is 5.60 Å². The van der Waals surface area contributed by atoms with Crippen LogP contribution < -0.4 is 0 Å². The molecule has 1 atom stereocenters. The van der Waals surface area contributed by atoms with E-state index in [0.717, 1.165) is 10.7 Å². The lowest BCUT2D eigenvalue weighted by atomic mass is 9.90. The Morgan fingerprint density at radius 1 is 1.58 bits per heavy atom. The van der Waals surface area contributed by atoms with E-state index in [1.54, 1.807) is 11.3 Å². The van der Waals surface area contributed by atoms with Crippen molar-refractivity contribution >= 4 is 11.3 Å². The van der Waals surface area contributed by atoms with E-state index in [9.17, 15) is 5.11 Å². The monoisotopic (exact) mass is 185 g/mol. The van der Waals surface area contributed by atoms with Crippen LogP contribution in [0.5, 0.6) is 0 Å². The zero-order valence-electron chi connectivity index (χ0n) is 7.96. The summed E-state index contributed by atoms with van der Waals surface area (Å²) in [6, 6.07) is 0. The molecule has 1 heterocycles. The van der Waals surface area contributed by atoms with Gasteiger partial charge >= 0.3 is 0 Å². The fourth-order valence-electron chi connectivity index (χ4n) is 0.892. The molecule has 2 nitrogen and oxygen atoms in total. The van der Waals surface area contributed by atoms with E-state index in [2.05, 4.69) is 4.98 Å². The highest BCUT2D eigenvalue weighted by atomic mass is 32.1. The average molecular weight is 185 g/mol. The molecule has 0 amide bonds. The third-order valence-corrected chi connectivity index (χ3v) is 3.04. The summed E-state index contributed by atoms with van der Waals surface area (Å²) < 4.78 is 0. The molecular weight excluding hydrogens is 170 g/mol. The van der Waals surface area contributed by atoms with Crippen LogP contribution in [-0.2, 0) is 5.60 Å². The Bertz CT molecular complexity index is 265. The molecular formula is C9H15NOS. The number of aryl methyl sites for hydroxylation is 1. The Morgan fingerprint density at radius 2 is 2.17 bits per heavy atom. The second kappa shape index (κ2) is 3.15. The summed E-state index contributed by atoms with van der Waals surface area (Å²) >= 11 is 1.58. The molecule has 0 fully saturated rings. The van der Waals surface area contributed by atoms with Gasteiger partial charge in [-0.3, -0.25) is 0 Å². The SMILES string of the molecule is Cc1nc(C(C)(O)C(C)C)cs1. The van der Waals surface area contributed by atoms with Crippen molar-refractivity contribution < 1.29 is 5.11 Å². The minimum atomic E-state index is -0.787. The second-order valence-corrected chi connectivity index (χ2v) is 4.62. The zero-order valence-corrected chi connectivity index (χ0v) is 8.77. The zero-order chi connectivity index (χ0) is 9.35. The van der Waals surface area contributed by atoms with Gasteiger partial charge in [0.15, 0.2) is 0 Å². The van der Waals surface area contributed by atoms with E-state index in [4.69, 9.17) is 0 Å². The summed E-state index contributed by atoms with van der Waals surface area (Å²) in [5.41, 5.74) is 0.00472. The molecule has 1 N–H and O–H groups in total. The van der Waals surface area contributed by atoms with Crippen molar-refractivity contribution in [3.63, 3.8) is 0 Å². The molecule has 3 heteroatoms. The first kappa shape index (κ1) is 9.68. The quantitative estimate of drug-likeness (QED) is 0.767. The molecule has 68 valence electrons. The van der Waals surface area contributed by atoms with Crippen molar-refractivity contribution in [1.29, 1.82) is 0 Å². The van der Waals surface area contributed by atoms with Gasteiger partial charge in [-0.2, -0.15) is 0 Å². The van der Waals surface area contributed by atoms with E-state index >= 15 is 0 Å². The van der Waals surface area contributed by atoms with E-state index in [1.807, 2.05) is 33.1 Å². The molecule has 0 bridgehead atoms. The molecule has 1 rings (SSSR count). The van der Waals surface area contributed by atoms with Gasteiger partial charge in [0.2, 0.25) is 0 Å². The number of rotatable bonds is 2. The van der Waals surface area contributed by atoms with Crippen molar-refractivity contribution in [1.82, 2.24) is 4.98 Å². The number of nitrogens with zero attached hydrogens (tertiary/aromatic N) is 1. The first-order chi connectivity index (χ1) is 5.44. The van der Waals surface area contributed by atoms with Crippen LogP contribution in [0.3, 0.4) is 0 Å². The molecule has 1 aromatic heterocycles. The maximum absolute atomic E-state index is 10.0. The van der Waals surface area contributed by atoms with Gasteiger partial charge < -0.3 is 5.11 Å². The standard InChI is InChI=1S/C9H15NOS/c1-6(2)9(4,11)8-5-12-7(3)10-8/h5-6,11H,1-4H3. The first-order valence-electron chi connectivity index (χ1n) is 4.09. The Hall–Kier alpha value is -0.410. The van der Waals surface area contributed by atoms with Crippen LogP contribution in [0.1, 0.15) is 31.5 Å². The summed E-state index contributed by atoms with van der Waals surface area (Å²) in [4.78, 5) is 4.27. The predicted octanol–water partition coefficient (Wildman–Crippen LogP) is 2.32. The van der Waals surface area contributed by atoms with Crippen LogP contribution in [0, 0.1) is 12.8 Å². The number of aromatic nitrogens is 1. The molecule has 12 heavy (non-hydrogen) atoms. The minimum Gasteiger partial charge on any atom is -0.384 e. The van der Waals surface area contributed by atoms with Gasteiger partial charge in [-0.25, -0.2) is 4.98 Å². The van der Waals surface area contributed by atoms with Crippen molar-refractivity contribution in [2.45, 2.75) is 33.3 Å². The minimum absolute atomic E-state index is 0.194. The summed E-state index contributed by atoms with van der Waals surface area (Å²) in [5, 5.41) is 13.0. The van der Waals surface area contributed by atoms with E-state index in [1.165, 1.54) is 0 Å². The van der Waals surface area contributed by atoms with E-state index in [-0.39, 0.29) is 5.92 Å². The number of hydrogen-bond acceptors (Lipinski definition) is 3. The largest absolute Gasteiger partial charge is 0.384 e. The van der Waals surface area contributed by atoms with Gasteiger partial charge in [0, 0.05) is 5.38 Å². The molecule has 0 saturated carbocycles. The third-order valence-electron chi connectivity index (χ3n) is 2.26. The number of hydrogen-bond donors (Lipinski definition) is 1. The molecule has 0 radical (unpaired) electrons. The maximum atomic E-state index is 10.0. The Morgan fingerprint density at radius 3 is 2.50 bits per heavy atom. The van der Waals surface area contributed by atoms with Crippen molar-refractivity contribution in [2.75, 3.05) is 0 Å². The van der Waals surface area contributed by atoms with Gasteiger partial charge in [-0.1, -0.05) is 13.8 Å². The third kappa shape index (κ3) is 1.67. The lowest BCUT2D eigenvalue weighted by Gasteiger charge is -2.25. The second-order valence-electron chi connectivity index (χ2n) is 3.55. The normalized spacial score (nSPS) is 16.5. The van der Waals surface area contributed by atoms with Gasteiger partial charge in [-0.05, 0) is 19.8 Å². The molecule has 0 saturated heterocycles. The topological polar surface area (TPSA) is 33.1 Å². The molecule has 1 aromatic rings. The van der Waals surface area contributed by atoms with Crippen molar-refractivity contribution in [2.24, 2.45) is 5.92 Å². The highest BCUT2D eigenvalue weighted by molar-refractivity contribution is 7.09. The van der Waals surface area contributed by atoms with Crippen LogP contribution in [-0.4, -0.2) is 10.1 Å². The van der Waals surface area contributed by atoms with E-state index in [0.29, 0.717) is 0 Å². The first-order valence-corrected chi connectivity index (χ1v) is 4.97. The average Bonchev–Trinajstić information content (AvgIpc) is 2.35. The number of thiazole rings is 1. The smallest absolute Gasteiger partial charge is 0.107 e. The molecule has 1 unspecified atom stereocenters. The summed E-state index contributed by atoms with van der Waals surface area (Å²) in [5.74, 6) is 0.194. The highest BCUT2D eigenvalue weighted by Gasteiger charge is 2.29. The van der Waals surface area contributed by atoms with Gasteiger partial charge in [0.1, 0.15) is 5.60 Å². The molecule has 0 aliphatic carbocycles. The van der Waals surface area contributed by atoms with Crippen LogP contribution >= 0.6 is 11.3 Å². The molecule has 0 spiro atoms. The molecule has 0 aliphatic rings. The summed E-state index contributed by atoms with van der Waals surface area (Å²) in [7, 11) is 0. The number of aliphatic hydroxyl groups is 1. The predicted molar refractivity (Wildman–Crippen MR) is 51.3 cm³/mol. The van der Waals surface area contributed by atoms with Crippen LogP contribution in [0.15, 0.2) is 5.38 Å². The fraction of sp³-hybridized carbons (Fsp3) is 0.667. The molecule has 0 aliphatic heterocycles. The summed E-state index contributed by atoms with van der Waals surface area (Å²) in [6.07, 6.45) is 0. The van der Waals surface area contributed by atoms with Crippen molar-refractivity contribution in [3.8, 4) is 0 Å². The fourth-order valence-corrected chi connectivity index (χ4v) is 1.62. The maximum Gasteiger partial charge on any atom is 0.107 e. The van der Waals surface area contributed by atoms with Crippen LogP contribution in [0.25, 0.3) is 0 Å². The van der Waals surface area contributed by atoms with Crippen LogP contribution in [0.4, 0.5) is 0 Å². The lowest BCUT2D eigenvalue weighted by Crippen LogP contribution is -2.28. The van der Waals surface area contributed by atoms with Gasteiger partial charge in [0.05, 0.1) is 10.7 Å². The van der Waals surface area contributed by atoms with Gasteiger partial charge in [0.25, 0.3) is 0 Å².